The first-order chi connectivity index (χ1) is 11.3. The minimum Gasteiger partial charge on any atom is -0.491 e. The summed E-state index contributed by atoms with van der Waals surface area (Å²) in [5.41, 5.74) is 0.576. The molecule has 0 spiro atoms. The van der Waals surface area contributed by atoms with Crippen LogP contribution in [0, 0.1) is 18.3 Å². The first-order valence-corrected chi connectivity index (χ1v) is 8.03. The van der Waals surface area contributed by atoms with E-state index in [2.05, 4.69) is 26.2 Å². The third kappa shape index (κ3) is 3.69. The molecule has 1 aromatic heterocycles. The summed E-state index contributed by atoms with van der Waals surface area (Å²) in [6, 6.07) is 9.75. The van der Waals surface area contributed by atoms with Crippen LogP contribution in [0.2, 0.25) is 0 Å². The molecule has 23 heavy (non-hydrogen) atoms. The Morgan fingerprint density at radius 3 is 3.04 bits per heavy atom. The second-order valence-electron chi connectivity index (χ2n) is 5.78. The lowest BCUT2D eigenvalue weighted by molar-refractivity contribution is 0.118. The highest BCUT2D eigenvalue weighted by molar-refractivity contribution is 5.42. The summed E-state index contributed by atoms with van der Waals surface area (Å²) in [6.07, 6.45) is 3.47. The highest BCUT2D eigenvalue weighted by atomic mass is 16.5. The van der Waals surface area contributed by atoms with E-state index in [1.807, 2.05) is 25.1 Å². The van der Waals surface area contributed by atoms with Crippen molar-refractivity contribution >= 4 is 0 Å². The zero-order valence-electron chi connectivity index (χ0n) is 13.3. The molecule has 1 N–H and O–H groups in total. The number of nitriles is 1. The molecule has 0 bridgehead atoms. The van der Waals surface area contributed by atoms with Crippen molar-refractivity contribution in [1.82, 2.24) is 20.1 Å². The van der Waals surface area contributed by atoms with Gasteiger partial charge in [-0.15, -0.1) is 0 Å². The lowest BCUT2D eigenvalue weighted by Crippen LogP contribution is -2.37. The Morgan fingerprint density at radius 2 is 2.26 bits per heavy atom. The number of rotatable bonds is 5. The van der Waals surface area contributed by atoms with Crippen molar-refractivity contribution in [3.63, 3.8) is 0 Å². The summed E-state index contributed by atoms with van der Waals surface area (Å²) in [5, 5.41) is 16.3. The molecule has 1 atom stereocenters. The number of likely N-dealkylation sites (tertiary alicyclic amines) is 1. The Morgan fingerprint density at radius 1 is 1.39 bits per heavy atom. The van der Waals surface area contributed by atoms with Gasteiger partial charge in [0.05, 0.1) is 11.6 Å². The highest BCUT2D eigenvalue weighted by Crippen LogP contribution is 2.28. The number of aryl methyl sites for hydroxylation is 1. The number of hydrogen-bond donors (Lipinski definition) is 1. The van der Waals surface area contributed by atoms with E-state index in [0.29, 0.717) is 17.9 Å². The maximum atomic E-state index is 9.10. The number of hydrogen-bond acceptors (Lipinski definition) is 5. The Balaban J connectivity index is 1.61. The number of ether oxygens (including phenoxy) is 1. The number of aromatic nitrogens is 3. The van der Waals surface area contributed by atoms with E-state index in [-0.39, 0.29) is 6.04 Å². The molecular formula is C17H21N5O. The van der Waals surface area contributed by atoms with Gasteiger partial charge in [0.25, 0.3) is 0 Å². The molecule has 1 saturated heterocycles. The Hall–Kier alpha value is -2.39. The lowest BCUT2D eigenvalue weighted by Gasteiger charge is -2.33. The van der Waals surface area contributed by atoms with Gasteiger partial charge in [-0.2, -0.15) is 10.4 Å². The van der Waals surface area contributed by atoms with Crippen LogP contribution in [-0.2, 0) is 0 Å². The fourth-order valence-electron chi connectivity index (χ4n) is 3.02. The largest absolute Gasteiger partial charge is 0.491 e. The SMILES string of the molecule is Cc1nc([C@@H]2CCCCN2CCOc2ccccc2C#N)n[nH]1. The standard InChI is InChI=1S/C17H21N5O/c1-13-19-17(21-20-13)15-7-4-5-9-22(15)10-11-23-16-8-3-2-6-14(16)12-18/h2-3,6,8,15H,4-5,7,9-11H2,1H3,(H,19,20,21)/t15-/m0/s1. The van der Waals surface area contributed by atoms with Crippen molar-refractivity contribution in [2.45, 2.75) is 32.2 Å². The summed E-state index contributed by atoms with van der Waals surface area (Å²) < 4.78 is 5.81. The quantitative estimate of drug-likeness (QED) is 0.918. The van der Waals surface area contributed by atoms with Gasteiger partial charge in [-0.1, -0.05) is 18.6 Å². The molecule has 6 heteroatoms. The van der Waals surface area contributed by atoms with E-state index in [9.17, 15) is 0 Å². The summed E-state index contributed by atoms with van der Waals surface area (Å²) in [5.74, 6) is 2.38. The molecule has 120 valence electrons. The fraction of sp³-hybridized carbons (Fsp3) is 0.471. The molecule has 1 aliphatic heterocycles. The average molecular weight is 311 g/mol. The van der Waals surface area contributed by atoms with E-state index in [1.165, 1.54) is 12.8 Å². The van der Waals surface area contributed by atoms with Gasteiger partial charge in [-0.25, -0.2) is 4.98 Å². The van der Waals surface area contributed by atoms with Gasteiger partial charge >= 0.3 is 0 Å². The zero-order valence-corrected chi connectivity index (χ0v) is 13.3. The molecule has 0 aliphatic carbocycles. The molecule has 1 aromatic carbocycles. The second kappa shape index (κ2) is 7.25. The Kier molecular flexibility index (Phi) is 4.89. The van der Waals surface area contributed by atoms with Gasteiger partial charge in [0.2, 0.25) is 0 Å². The van der Waals surface area contributed by atoms with Crippen LogP contribution in [0.25, 0.3) is 0 Å². The number of para-hydroxylation sites is 1. The molecule has 2 aromatic rings. The molecule has 1 fully saturated rings. The highest BCUT2D eigenvalue weighted by Gasteiger charge is 2.26. The lowest BCUT2D eigenvalue weighted by atomic mass is 10.0. The van der Waals surface area contributed by atoms with Crippen molar-refractivity contribution in [3.05, 3.63) is 41.5 Å². The molecule has 0 unspecified atom stereocenters. The Bertz CT molecular complexity index is 690. The minimum atomic E-state index is 0.253. The number of benzene rings is 1. The van der Waals surface area contributed by atoms with Crippen molar-refractivity contribution < 1.29 is 4.74 Å². The van der Waals surface area contributed by atoms with E-state index in [0.717, 1.165) is 31.2 Å². The molecule has 0 radical (unpaired) electrons. The number of nitrogens with one attached hydrogen (secondary N) is 1. The zero-order chi connectivity index (χ0) is 16.1. The third-order valence-corrected chi connectivity index (χ3v) is 4.17. The third-order valence-electron chi connectivity index (χ3n) is 4.17. The van der Waals surface area contributed by atoms with Crippen molar-refractivity contribution in [3.8, 4) is 11.8 Å². The van der Waals surface area contributed by atoms with Gasteiger partial charge in [0, 0.05) is 6.54 Å². The van der Waals surface area contributed by atoms with Gasteiger partial charge < -0.3 is 4.74 Å². The van der Waals surface area contributed by atoms with Crippen LogP contribution < -0.4 is 4.74 Å². The smallest absolute Gasteiger partial charge is 0.167 e. The van der Waals surface area contributed by atoms with Crippen LogP contribution >= 0.6 is 0 Å². The van der Waals surface area contributed by atoms with E-state index in [4.69, 9.17) is 10.00 Å². The minimum absolute atomic E-state index is 0.253. The van der Waals surface area contributed by atoms with Crippen LogP contribution in [0.4, 0.5) is 0 Å². The first-order valence-electron chi connectivity index (χ1n) is 8.03. The second-order valence-corrected chi connectivity index (χ2v) is 5.78. The van der Waals surface area contributed by atoms with E-state index in [1.54, 1.807) is 6.07 Å². The first kappa shape index (κ1) is 15.5. The average Bonchev–Trinajstić information content (AvgIpc) is 3.02. The number of piperidine rings is 1. The van der Waals surface area contributed by atoms with Crippen molar-refractivity contribution in [2.24, 2.45) is 0 Å². The van der Waals surface area contributed by atoms with Gasteiger partial charge in [0.1, 0.15) is 24.3 Å². The predicted octanol–water partition coefficient (Wildman–Crippen LogP) is 2.59. The predicted molar refractivity (Wildman–Crippen MR) is 85.9 cm³/mol. The van der Waals surface area contributed by atoms with E-state index >= 15 is 0 Å². The van der Waals surface area contributed by atoms with Crippen LogP contribution in [-0.4, -0.2) is 39.8 Å². The van der Waals surface area contributed by atoms with Crippen molar-refractivity contribution in [1.29, 1.82) is 5.26 Å². The summed E-state index contributed by atoms with van der Waals surface area (Å²) >= 11 is 0. The Labute approximate surface area is 136 Å². The molecule has 1 aliphatic rings. The molecule has 3 rings (SSSR count). The van der Waals surface area contributed by atoms with Gasteiger partial charge in [-0.05, 0) is 38.4 Å². The molecule has 2 heterocycles. The maximum Gasteiger partial charge on any atom is 0.167 e. The molecule has 0 saturated carbocycles. The topological polar surface area (TPSA) is 77.8 Å². The van der Waals surface area contributed by atoms with Crippen LogP contribution in [0.15, 0.2) is 24.3 Å². The monoisotopic (exact) mass is 311 g/mol. The number of H-pyrrole nitrogens is 1. The maximum absolute atomic E-state index is 9.10. The van der Waals surface area contributed by atoms with Gasteiger partial charge in [0.15, 0.2) is 5.82 Å². The fourth-order valence-corrected chi connectivity index (χ4v) is 3.02. The van der Waals surface area contributed by atoms with Crippen LogP contribution in [0.1, 0.15) is 42.5 Å². The molecule has 6 nitrogen and oxygen atoms in total. The molecular weight excluding hydrogens is 290 g/mol. The summed E-state index contributed by atoms with van der Waals surface area (Å²) in [4.78, 5) is 6.86. The van der Waals surface area contributed by atoms with E-state index < -0.39 is 0 Å². The van der Waals surface area contributed by atoms with Gasteiger partial charge in [-0.3, -0.25) is 10.00 Å². The summed E-state index contributed by atoms with van der Waals surface area (Å²) in [7, 11) is 0. The normalized spacial score (nSPS) is 18.5. The van der Waals surface area contributed by atoms with Crippen molar-refractivity contribution in [2.75, 3.05) is 19.7 Å². The summed E-state index contributed by atoms with van der Waals surface area (Å²) in [6.45, 7) is 4.31. The van der Waals surface area contributed by atoms with Crippen LogP contribution in [0.3, 0.4) is 0 Å². The number of nitrogens with zero attached hydrogens (tertiary/aromatic N) is 4. The molecule has 0 amide bonds. The number of aromatic amines is 1. The van der Waals surface area contributed by atoms with Crippen LogP contribution in [0.5, 0.6) is 5.75 Å².